The summed E-state index contributed by atoms with van der Waals surface area (Å²) in [4.78, 5) is 24.8. The molecule has 0 aliphatic heterocycles. The summed E-state index contributed by atoms with van der Waals surface area (Å²) in [6, 6.07) is 7.52. The number of halogens is 6. The van der Waals surface area contributed by atoms with Crippen molar-refractivity contribution in [3.05, 3.63) is 76.0 Å². The number of benzene rings is 2. The second-order valence-corrected chi connectivity index (χ2v) is 7.42. The third-order valence-electron chi connectivity index (χ3n) is 5.23. The second kappa shape index (κ2) is 7.78. The SMILES string of the molecule is Cn1c(=O)n(C)c2cc(NC(=O)c3cnn(-c4cccc(C(F)(F)F)c4)c3C(F)(F)F)ccc21. The molecule has 0 atom stereocenters. The van der Waals surface area contributed by atoms with Gasteiger partial charge in [0.2, 0.25) is 0 Å². The molecule has 2 aromatic carbocycles. The van der Waals surface area contributed by atoms with Crippen LogP contribution in [0.15, 0.2) is 53.5 Å². The molecular formula is C21H15F6N5O2. The highest BCUT2D eigenvalue weighted by atomic mass is 19.4. The lowest BCUT2D eigenvalue weighted by molar-refractivity contribution is -0.143. The average molecular weight is 483 g/mol. The number of nitrogens with zero attached hydrogens (tertiary/aromatic N) is 4. The fourth-order valence-corrected chi connectivity index (χ4v) is 3.58. The largest absolute Gasteiger partial charge is 0.434 e. The number of nitrogens with one attached hydrogen (secondary N) is 1. The Kier molecular flexibility index (Phi) is 5.30. The highest BCUT2D eigenvalue weighted by Gasteiger charge is 2.41. The van der Waals surface area contributed by atoms with Crippen molar-refractivity contribution in [3.63, 3.8) is 0 Å². The Bertz CT molecular complexity index is 1480. The predicted octanol–water partition coefficient (Wildman–Crippen LogP) is 4.35. The molecule has 0 spiro atoms. The molecule has 13 heteroatoms. The van der Waals surface area contributed by atoms with Crippen molar-refractivity contribution in [2.75, 3.05) is 5.32 Å². The summed E-state index contributed by atoms with van der Waals surface area (Å²) in [5.41, 5.74) is -3.34. The van der Waals surface area contributed by atoms with Gasteiger partial charge in [-0.3, -0.25) is 13.9 Å². The van der Waals surface area contributed by atoms with Crippen molar-refractivity contribution >= 4 is 22.6 Å². The van der Waals surface area contributed by atoms with E-state index in [1.54, 1.807) is 7.05 Å². The Hall–Kier alpha value is -4.03. The highest BCUT2D eigenvalue weighted by Crippen LogP contribution is 2.36. The zero-order valence-corrected chi connectivity index (χ0v) is 17.5. The van der Waals surface area contributed by atoms with Gasteiger partial charge in [0.25, 0.3) is 5.91 Å². The maximum Gasteiger partial charge on any atom is 0.434 e. The van der Waals surface area contributed by atoms with Crippen LogP contribution in [0.2, 0.25) is 0 Å². The van der Waals surface area contributed by atoms with Crippen LogP contribution in [-0.4, -0.2) is 24.8 Å². The molecule has 1 amide bonds. The molecule has 0 bridgehead atoms. The average Bonchev–Trinajstić information content (AvgIpc) is 3.30. The lowest BCUT2D eigenvalue weighted by atomic mass is 10.1. The smallest absolute Gasteiger partial charge is 0.322 e. The van der Waals surface area contributed by atoms with Gasteiger partial charge in [0.1, 0.15) is 0 Å². The van der Waals surface area contributed by atoms with Gasteiger partial charge in [0, 0.05) is 19.8 Å². The minimum atomic E-state index is -5.11. The molecule has 178 valence electrons. The number of amides is 1. The number of aryl methyl sites for hydroxylation is 2. The number of fused-ring (bicyclic) bond motifs is 1. The number of hydrogen-bond acceptors (Lipinski definition) is 3. The normalized spacial score (nSPS) is 12.4. The number of anilines is 1. The summed E-state index contributed by atoms with van der Waals surface area (Å²) < 4.78 is 83.6. The van der Waals surface area contributed by atoms with E-state index in [1.165, 1.54) is 34.4 Å². The zero-order chi connectivity index (χ0) is 25.0. The van der Waals surface area contributed by atoms with Gasteiger partial charge in [-0.15, -0.1) is 0 Å². The van der Waals surface area contributed by atoms with E-state index in [1.807, 2.05) is 0 Å². The number of hydrogen-bond donors (Lipinski definition) is 1. The molecule has 2 heterocycles. The molecule has 0 radical (unpaired) electrons. The van der Waals surface area contributed by atoms with Crippen molar-refractivity contribution in [3.8, 4) is 5.69 Å². The van der Waals surface area contributed by atoms with Gasteiger partial charge in [0.05, 0.1) is 34.0 Å². The molecule has 4 rings (SSSR count). The van der Waals surface area contributed by atoms with E-state index in [4.69, 9.17) is 0 Å². The summed E-state index contributed by atoms with van der Waals surface area (Å²) in [5, 5.41) is 5.86. The number of carbonyl (C=O) groups is 1. The third kappa shape index (κ3) is 3.93. The van der Waals surface area contributed by atoms with E-state index in [-0.39, 0.29) is 16.1 Å². The molecule has 0 saturated heterocycles. The fraction of sp³-hybridized carbons (Fsp3) is 0.190. The fourth-order valence-electron chi connectivity index (χ4n) is 3.58. The van der Waals surface area contributed by atoms with Crippen molar-refractivity contribution in [2.45, 2.75) is 12.4 Å². The van der Waals surface area contributed by atoms with Gasteiger partial charge < -0.3 is 5.32 Å². The molecule has 1 N–H and O–H groups in total. The van der Waals surface area contributed by atoms with Gasteiger partial charge >= 0.3 is 18.0 Å². The first-order valence-corrected chi connectivity index (χ1v) is 9.58. The molecule has 7 nitrogen and oxygen atoms in total. The molecule has 0 aliphatic carbocycles. The second-order valence-electron chi connectivity index (χ2n) is 7.42. The van der Waals surface area contributed by atoms with E-state index in [9.17, 15) is 35.9 Å². The Morgan fingerprint density at radius 2 is 1.59 bits per heavy atom. The van der Waals surface area contributed by atoms with Crippen LogP contribution < -0.4 is 11.0 Å². The van der Waals surface area contributed by atoms with Crippen LogP contribution in [-0.2, 0) is 26.4 Å². The first-order valence-electron chi connectivity index (χ1n) is 9.58. The monoisotopic (exact) mass is 483 g/mol. The van der Waals surface area contributed by atoms with Crippen LogP contribution in [0.25, 0.3) is 16.7 Å². The van der Waals surface area contributed by atoms with Crippen LogP contribution in [0.4, 0.5) is 32.0 Å². The molecular weight excluding hydrogens is 468 g/mol. The minimum absolute atomic E-state index is 0.110. The minimum Gasteiger partial charge on any atom is -0.322 e. The Morgan fingerprint density at radius 3 is 2.24 bits per heavy atom. The quantitative estimate of drug-likeness (QED) is 0.441. The van der Waals surface area contributed by atoms with Crippen LogP contribution in [0.5, 0.6) is 0 Å². The molecule has 34 heavy (non-hydrogen) atoms. The number of aromatic nitrogens is 4. The summed E-state index contributed by atoms with van der Waals surface area (Å²) in [7, 11) is 3.04. The Morgan fingerprint density at radius 1 is 0.912 bits per heavy atom. The van der Waals surface area contributed by atoms with Gasteiger partial charge in [-0.2, -0.15) is 31.4 Å². The lowest BCUT2D eigenvalue weighted by Gasteiger charge is -2.14. The van der Waals surface area contributed by atoms with Crippen molar-refractivity contribution in [1.29, 1.82) is 0 Å². The highest BCUT2D eigenvalue weighted by molar-refractivity contribution is 6.05. The van der Waals surface area contributed by atoms with Crippen molar-refractivity contribution in [2.24, 2.45) is 14.1 Å². The van der Waals surface area contributed by atoms with E-state index < -0.39 is 40.8 Å². The maximum atomic E-state index is 13.9. The number of rotatable bonds is 3. The van der Waals surface area contributed by atoms with E-state index >= 15 is 0 Å². The standard InChI is InChI=1S/C21H15F6N5O2/c1-30-15-7-6-12(9-16(15)31(2)19(30)34)29-18(33)14-10-28-32(17(14)21(25,26)27)13-5-3-4-11(8-13)20(22,23)24/h3-10H,1-2H3,(H,29,33). The van der Waals surface area contributed by atoms with Crippen molar-refractivity contribution in [1.82, 2.24) is 18.9 Å². The maximum absolute atomic E-state index is 13.9. The summed E-state index contributed by atoms with van der Waals surface area (Å²) >= 11 is 0. The summed E-state index contributed by atoms with van der Waals surface area (Å²) in [6.45, 7) is 0. The first kappa shape index (κ1) is 23.1. The van der Waals surface area contributed by atoms with E-state index in [0.29, 0.717) is 29.4 Å². The first-order chi connectivity index (χ1) is 15.8. The topological polar surface area (TPSA) is 73.8 Å². The zero-order valence-electron chi connectivity index (χ0n) is 17.5. The van der Waals surface area contributed by atoms with Gasteiger partial charge in [-0.25, -0.2) is 9.48 Å². The van der Waals surface area contributed by atoms with Gasteiger partial charge in [-0.05, 0) is 36.4 Å². The molecule has 0 aliphatic rings. The van der Waals surface area contributed by atoms with Gasteiger partial charge in [-0.1, -0.05) is 6.07 Å². The Labute approximate surface area is 186 Å². The van der Waals surface area contributed by atoms with Crippen LogP contribution in [0.3, 0.4) is 0 Å². The Balaban J connectivity index is 1.75. The predicted molar refractivity (Wildman–Crippen MR) is 110 cm³/mol. The molecule has 0 saturated carbocycles. The van der Waals surface area contributed by atoms with Gasteiger partial charge in [0.15, 0.2) is 5.69 Å². The molecule has 0 fully saturated rings. The van der Waals surface area contributed by atoms with Crippen molar-refractivity contribution < 1.29 is 31.1 Å². The summed E-state index contributed by atoms with van der Waals surface area (Å²) in [6.07, 6.45) is -9.25. The summed E-state index contributed by atoms with van der Waals surface area (Å²) in [5.74, 6) is -1.18. The van der Waals surface area contributed by atoms with E-state index in [0.717, 1.165) is 12.1 Å². The third-order valence-corrected chi connectivity index (χ3v) is 5.23. The lowest BCUT2D eigenvalue weighted by Crippen LogP contribution is -2.21. The molecule has 2 aromatic heterocycles. The number of imidazole rings is 1. The number of carbonyl (C=O) groups excluding carboxylic acids is 1. The van der Waals surface area contributed by atoms with Crippen LogP contribution >= 0.6 is 0 Å². The van der Waals surface area contributed by atoms with Crippen LogP contribution in [0, 0.1) is 0 Å². The molecule has 4 aromatic rings. The number of alkyl halides is 6. The molecule has 0 unspecified atom stereocenters. The van der Waals surface area contributed by atoms with Crippen LogP contribution in [0.1, 0.15) is 21.6 Å². The van der Waals surface area contributed by atoms with E-state index in [2.05, 4.69) is 10.4 Å².